The minimum absolute atomic E-state index is 0. The minimum Gasteiger partial charge on any atom is -0.550 e. The van der Waals surface area contributed by atoms with Gasteiger partial charge in [0.15, 0.2) is 0 Å². The summed E-state index contributed by atoms with van der Waals surface area (Å²) in [6.45, 7) is 1.40. The monoisotopic (exact) mass is 714 g/mol. The van der Waals surface area contributed by atoms with E-state index in [1.807, 2.05) is 26.2 Å². The Hall–Kier alpha value is -1.84. The predicted molar refractivity (Wildman–Crippen MR) is 120 cm³/mol. The second-order valence-corrected chi connectivity index (χ2v) is 8.49. The number of hydrogen-bond acceptors (Lipinski definition) is 14. The molecule has 0 spiro atoms. The summed E-state index contributed by atoms with van der Waals surface area (Å²) in [7, 11) is 5.72. The summed E-state index contributed by atoms with van der Waals surface area (Å²) in [5.74, 6) is -2.36. The van der Waals surface area contributed by atoms with Crippen molar-refractivity contribution in [3.63, 3.8) is 0 Å². The van der Waals surface area contributed by atoms with Gasteiger partial charge in [0.2, 0.25) is 6.54 Å². The van der Waals surface area contributed by atoms with Gasteiger partial charge in [-0.25, -0.2) is 0 Å². The summed E-state index contributed by atoms with van der Waals surface area (Å²) in [4.78, 5) is 42.2. The van der Waals surface area contributed by atoms with E-state index in [9.17, 15) is 39.8 Å². The molecule has 1 rings (SSSR count). The zero-order chi connectivity index (χ0) is 26.3. The van der Waals surface area contributed by atoms with Gasteiger partial charge in [-0.3, -0.25) is 20.7 Å². The third-order valence-electron chi connectivity index (χ3n) is 4.00. The number of carbonyl (C=O) groups excluding carboxylic acids is 3. The van der Waals surface area contributed by atoms with E-state index in [-0.39, 0.29) is 43.8 Å². The molecule has 0 saturated carbocycles. The zero-order valence-corrected chi connectivity index (χ0v) is 23.8. The molecule has 35 heavy (non-hydrogen) atoms. The first-order chi connectivity index (χ1) is 15.8. The zero-order valence-electron chi connectivity index (χ0n) is 19.6. The van der Waals surface area contributed by atoms with Crippen LogP contribution in [0.3, 0.4) is 0 Å². The van der Waals surface area contributed by atoms with Gasteiger partial charge in [-0.15, -0.1) is 0 Å². The molecule has 1 atom stereocenters. The molecule has 0 amide bonds. The maximum Gasteiger partial charge on any atom is 3.00 e. The van der Waals surface area contributed by atoms with E-state index in [1.54, 1.807) is 18.8 Å². The summed E-state index contributed by atoms with van der Waals surface area (Å²) in [5.41, 5.74) is -2.97. The van der Waals surface area contributed by atoms with Crippen LogP contribution in [-0.4, -0.2) is 111 Å². The minimum atomic E-state index is -2.97. The molecule has 0 fully saturated rings. The van der Waals surface area contributed by atoms with E-state index < -0.39 is 36.4 Å². The number of furan rings is 1. The largest absolute Gasteiger partial charge is 3.00 e. The van der Waals surface area contributed by atoms with Gasteiger partial charge >= 0.3 is 26.2 Å². The molecular weight excluding hydrogens is 685 g/mol. The topological polar surface area (TPSA) is 224 Å². The van der Waals surface area contributed by atoms with Crippen LogP contribution in [0.15, 0.2) is 16.5 Å². The number of thioether (sulfide) groups is 1. The first kappa shape index (κ1) is 35.3. The fraction of sp³-hybridized carbons (Fsp3) is 0.632. The molecule has 0 saturated heterocycles. The number of carboxylic acid groups (broad SMARTS) is 3. The number of carbonyl (C=O) groups is 3. The molecule has 0 aromatic carbocycles. The second-order valence-electron chi connectivity index (χ2n) is 7.39. The van der Waals surface area contributed by atoms with Crippen molar-refractivity contribution in [2.75, 3.05) is 40.0 Å². The Morgan fingerprint density at radius 1 is 1.17 bits per heavy atom. The van der Waals surface area contributed by atoms with E-state index in [0.29, 0.717) is 0 Å². The summed E-state index contributed by atoms with van der Waals surface area (Å²) in [6.07, 6.45) is -3.00. The van der Waals surface area contributed by atoms with Crippen molar-refractivity contribution in [3.8, 4) is 0 Å². The van der Waals surface area contributed by atoms with Crippen molar-refractivity contribution < 1.29 is 44.2 Å². The van der Waals surface area contributed by atoms with Gasteiger partial charge in [-0.2, -0.15) is 11.8 Å². The van der Waals surface area contributed by atoms with Crippen molar-refractivity contribution in [2.45, 2.75) is 36.9 Å². The van der Waals surface area contributed by atoms with Crippen LogP contribution in [-0.2, 0) is 26.7 Å². The fourth-order valence-electron chi connectivity index (χ4n) is 2.47. The number of aliphatic carboxylic acids is 3. The maximum atomic E-state index is 10.4. The number of nitrogens with one attached hydrogen (secondary N) is 2. The van der Waals surface area contributed by atoms with Crippen LogP contribution < -0.4 is 26.0 Å². The normalized spacial score (nSPS) is 11.7. The van der Waals surface area contributed by atoms with Gasteiger partial charge in [-0.05, 0) is 33.3 Å². The van der Waals surface area contributed by atoms with Crippen LogP contribution in [0, 0.1) is 10.1 Å². The summed E-state index contributed by atoms with van der Waals surface area (Å²) in [6, 6.07) is 4.00. The van der Waals surface area contributed by atoms with Crippen LogP contribution in [0.1, 0.15) is 24.4 Å². The summed E-state index contributed by atoms with van der Waals surface area (Å²) in [5, 5.41) is 55.3. The van der Waals surface area contributed by atoms with Crippen molar-refractivity contribution in [1.82, 2.24) is 15.5 Å². The third kappa shape index (κ3) is 17.3. The van der Waals surface area contributed by atoms with E-state index >= 15 is 0 Å². The Balaban J connectivity index is 0. The molecule has 14 nitrogen and oxygen atoms in total. The van der Waals surface area contributed by atoms with Crippen molar-refractivity contribution >= 4 is 55.9 Å². The van der Waals surface area contributed by atoms with E-state index in [2.05, 4.69) is 15.5 Å². The molecule has 1 aromatic heterocycles. The number of hydrogen-bond donors (Lipinski definition) is 3. The molecule has 2 radical (unpaired) electrons. The average Bonchev–Trinajstić information content (AvgIpc) is 3.12. The van der Waals surface area contributed by atoms with Crippen LogP contribution >= 0.6 is 11.8 Å². The van der Waals surface area contributed by atoms with E-state index in [4.69, 9.17) is 9.52 Å². The number of nitro groups is 1. The molecule has 16 heteroatoms. The van der Waals surface area contributed by atoms with Gasteiger partial charge in [0.1, 0.15) is 23.3 Å². The third-order valence-corrected chi connectivity index (χ3v) is 4.99. The molecule has 0 bridgehead atoms. The Morgan fingerprint density at radius 3 is 2.14 bits per heavy atom. The molecule has 196 valence electrons. The van der Waals surface area contributed by atoms with Crippen LogP contribution in [0.2, 0.25) is 0 Å². The molecule has 1 aromatic rings. The summed E-state index contributed by atoms with van der Waals surface area (Å²) < 4.78 is 5.71. The van der Waals surface area contributed by atoms with Crippen LogP contribution in [0.5, 0.6) is 0 Å². The maximum absolute atomic E-state index is 10.4. The van der Waals surface area contributed by atoms with Gasteiger partial charge in [0.05, 0.1) is 18.3 Å². The van der Waals surface area contributed by atoms with Gasteiger partial charge in [0.25, 0.3) is 0 Å². The van der Waals surface area contributed by atoms with Crippen molar-refractivity contribution in [2.24, 2.45) is 0 Å². The van der Waals surface area contributed by atoms with Crippen molar-refractivity contribution in [3.05, 3.63) is 33.8 Å². The predicted octanol–water partition coefficient (Wildman–Crippen LogP) is -4.65. The molecule has 1 unspecified atom stereocenters. The van der Waals surface area contributed by atoms with Gasteiger partial charge < -0.3 is 44.1 Å². The molecule has 0 aliphatic heterocycles. The standard InChI is InChI=1S/C13H24N4O3S.C6H8O7.Bi/c1-14-13(9-17(18)19)15-6-7-21-10-12-5-4-11(20-12)8-16(2)3;7-3(8)1-6(13,5(11)12)2-4(9)10;/h4-5,13-15H,6-10H2,1-3H3;13H,1-2H2,(H,7,8)(H,9,10)(H,11,12);/q;;+3/p-3. The van der Waals surface area contributed by atoms with Crippen LogP contribution in [0.25, 0.3) is 0 Å². The Labute approximate surface area is 225 Å². The molecular formula is C19H29BiN4O10S. The Kier molecular flexibility index (Phi) is 18.6. The van der Waals surface area contributed by atoms with E-state index in [1.165, 1.54) is 0 Å². The number of rotatable bonds is 16. The average molecular weight is 715 g/mol. The SMILES string of the molecule is CNC(C[N+](=O)[O-])NCCSCc1ccc(CN(C)C)o1.O=C([O-])CC(O)(CC(=O)[O-])C(=O)[O-].[Bi+3]. The number of carboxylic acids is 3. The van der Waals surface area contributed by atoms with Gasteiger partial charge in [0, 0.05) is 42.0 Å². The molecule has 0 aliphatic carbocycles. The number of likely N-dealkylation sites (N-methyl/N-ethyl adjacent to an activating group) is 1. The summed E-state index contributed by atoms with van der Waals surface area (Å²) >= 11 is 1.74. The first-order valence-corrected chi connectivity index (χ1v) is 11.1. The van der Waals surface area contributed by atoms with Crippen molar-refractivity contribution in [1.29, 1.82) is 0 Å². The first-order valence-electron chi connectivity index (χ1n) is 9.95. The quantitative estimate of drug-likeness (QED) is 0.0482. The Bertz CT molecular complexity index is 792. The Morgan fingerprint density at radius 2 is 1.71 bits per heavy atom. The fourth-order valence-corrected chi connectivity index (χ4v) is 3.23. The molecule has 3 N–H and O–H groups in total. The number of nitrogens with zero attached hydrogens (tertiary/aromatic N) is 2. The molecule has 0 aliphatic rings. The molecule has 1 heterocycles. The van der Waals surface area contributed by atoms with Gasteiger partial charge in [-0.1, -0.05) is 0 Å². The van der Waals surface area contributed by atoms with E-state index in [0.717, 1.165) is 36.1 Å². The number of aliphatic hydroxyl groups is 1. The second kappa shape index (κ2) is 18.4. The van der Waals surface area contributed by atoms with Crippen LogP contribution in [0.4, 0.5) is 0 Å². The smallest absolute Gasteiger partial charge is 0.550 e.